The van der Waals surface area contributed by atoms with E-state index in [0.717, 1.165) is 0 Å². The van der Waals surface area contributed by atoms with Crippen molar-refractivity contribution in [2.75, 3.05) is 6.61 Å². The number of hydrogen-bond acceptors (Lipinski definition) is 9. The summed E-state index contributed by atoms with van der Waals surface area (Å²) in [6, 6.07) is 6.72. The number of ether oxygens (including phenoxy) is 1. The average Bonchev–Trinajstić information content (AvgIpc) is 3.07. The molecule has 12 nitrogen and oxygen atoms in total. The molecule has 6 atom stereocenters. The summed E-state index contributed by atoms with van der Waals surface area (Å²) in [4.78, 5) is 24.1. The summed E-state index contributed by atoms with van der Waals surface area (Å²) in [5, 5.41) is 32.3. The normalized spacial score (nSPS) is 27.5. The van der Waals surface area contributed by atoms with Gasteiger partial charge in [0.1, 0.15) is 30.1 Å². The number of carboxylic acids is 1. The van der Waals surface area contributed by atoms with Crippen molar-refractivity contribution in [1.82, 2.24) is 9.99 Å². The van der Waals surface area contributed by atoms with Gasteiger partial charge in [0, 0.05) is 18.0 Å². The molecule has 1 unspecified atom stereocenters. The van der Waals surface area contributed by atoms with E-state index in [-0.39, 0.29) is 11.3 Å². The van der Waals surface area contributed by atoms with Gasteiger partial charge in [-0.2, -0.15) is 5.09 Å². The van der Waals surface area contributed by atoms with Crippen LogP contribution in [0.5, 0.6) is 5.75 Å². The number of nitrogens with zero attached hydrogens (tertiary/aromatic N) is 1. The van der Waals surface area contributed by atoms with Crippen LogP contribution in [0.4, 0.5) is 0 Å². The van der Waals surface area contributed by atoms with Crippen LogP contribution in [-0.4, -0.2) is 69.3 Å². The van der Waals surface area contributed by atoms with Crippen molar-refractivity contribution < 1.29 is 43.3 Å². The molecule has 0 bridgehead atoms. The summed E-state index contributed by atoms with van der Waals surface area (Å²) >= 11 is 0. The van der Waals surface area contributed by atoms with Gasteiger partial charge in [-0.05, 0) is 25.5 Å². The summed E-state index contributed by atoms with van der Waals surface area (Å²) in [5.74, 6) is -1.74. The van der Waals surface area contributed by atoms with E-state index in [0.29, 0.717) is 6.42 Å². The van der Waals surface area contributed by atoms with Crippen LogP contribution in [-0.2, 0) is 23.4 Å². The molecule has 0 radical (unpaired) electrons. The first kappa shape index (κ1) is 24.9. The number of nitrogens with one attached hydrogen (secondary N) is 1. The molecule has 13 heteroatoms. The van der Waals surface area contributed by atoms with E-state index in [1.807, 2.05) is 0 Å². The summed E-state index contributed by atoms with van der Waals surface area (Å²) < 4.78 is 29.7. The van der Waals surface area contributed by atoms with Crippen LogP contribution >= 0.6 is 7.75 Å². The SMILES string of the molecule is C[C@H](NP(=O)(OC[C@H]1O[C@@H](N2C=CCC(C(N)=O)=C2)[C@H](O)[C@@H]1O)Oc1ccccc1)C(=O)O. The van der Waals surface area contributed by atoms with Crippen molar-refractivity contribution in [2.24, 2.45) is 5.73 Å². The number of benzene rings is 1. The maximum Gasteiger partial charge on any atom is 0.459 e. The third-order valence-electron chi connectivity index (χ3n) is 4.97. The van der Waals surface area contributed by atoms with Crippen LogP contribution < -0.4 is 15.3 Å². The van der Waals surface area contributed by atoms with Crippen LogP contribution in [0.2, 0.25) is 0 Å². The number of hydrogen-bond donors (Lipinski definition) is 5. The lowest BCUT2D eigenvalue weighted by Gasteiger charge is -2.28. The zero-order valence-electron chi connectivity index (χ0n) is 17.7. The first-order valence-electron chi connectivity index (χ1n) is 10.1. The number of aliphatic hydroxyl groups is 2. The zero-order valence-corrected chi connectivity index (χ0v) is 18.6. The molecule has 1 aromatic rings. The van der Waals surface area contributed by atoms with Crippen LogP contribution in [0.25, 0.3) is 0 Å². The maximum absolute atomic E-state index is 13.2. The molecule has 1 amide bonds. The van der Waals surface area contributed by atoms with Crippen LogP contribution in [0, 0.1) is 0 Å². The maximum atomic E-state index is 13.2. The molecule has 1 saturated heterocycles. The van der Waals surface area contributed by atoms with Crippen molar-refractivity contribution in [1.29, 1.82) is 0 Å². The van der Waals surface area contributed by atoms with Gasteiger partial charge in [-0.25, -0.2) is 4.57 Å². The number of aliphatic hydroxyl groups excluding tert-OH is 2. The van der Waals surface area contributed by atoms with Crippen LogP contribution in [0.15, 0.2) is 54.4 Å². The molecule has 33 heavy (non-hydrogen) atoms. The lowest BCUT2D eigenvalue weighted by Crippen LogP contribution is -2.40. The van der Waals surface area contributed by atoms with E-state index in [1.165, 1.54) is 30.2 Å². The fourth-order valence-electron chi connectivity index (χ4n) is 3.19. The summed E-state index contributed by atoms with van der Waals surface area (Å²) in [6.45, 7) is 0.765. The number of carbonyl (C=O) groups is 2. The third-order valence-corrected chi connectivity index (χ3v) is 6.61. The Morgan fingerprint density at radius 3 is 2.64 bits per heavy atom. The van der Waals surface area contributed by atoms with Gasteiger partial charge in [0.15, 0.2) is 6.23 Å². The van der Waals surface area contributed by atoms with Gasteiger partial charge in [-0.15, -0.1) is 0 Å². The molecule has 3 rings (SSSR count). The highest BCUT2D eigenvalue weighted by Crippen LogP contribution is 2.45. The Balaban J connectivity index is 1.71. The number of primary amides is 1. The van der Waals surface area contributed by atoms with Gasteiger partial charge in [0.25, 0.3) is 0 Å². The van der Waals surface area contributed by atoms with E-state index in [9.17, 15) is 24.4 Å². The number of para-hydroxylation sites is 1. The first-order chi connectivity index (χ1) is 15.6. The van der Waals surface area contributed by atoms with Crippen molar-refractivity contribution >= 4 is 19.6 Å². The topological polar surface area (TPSA) is 181 Å². The van der Waals surface area contributed by atoms with E-state index in [2.05, 4.69) is 5.09 Å². The molecule has 0 saturated carbocycles. The fourth-order valence-corrected chi connectivity index (χ4v) is 4.69. The predicted octanol–water partition coefficient (Wildman–Crippen LogP) is 0.288. The minimum atomic E-state index is -4.23. The molecule has 2 heterocycles. The molecule has 180 valence electrons. The highest BCUT2D eigenvalue weighted by Gasteiger charge is 2.46. The van der Waals surface area contributed by atoms with Crippen LogP contribution in [0.3, 0.4) is 0 Å². The third kappa shape index (κ3) is 6.20. The number of nitrogens with two attached hydrogens (primary N) is 1. The number of carbonyl (C=O) groups excluding carboxylic acids is 1. The lowest BCUT2D eigenvalue weighted by molar-refractivity contribution is -0.138. The second-order valence-electron chi connectivity index (χ2n) is 7.49. The Morgan fingerprint density at radius 2 is 2.00 bits per heavy atom. The van der Waals surface area contributed by atoms with E-state index in [4.69, 9.17) is 24.6 Å². The Bertz CT molecular complexity index is 971. The van der Waals surface area contributed by atoms with Gasteiger partial charge < -0.3 is 35.2 Å². The predicted molar refractivity (Wildman–Crippen MR) is 114 cm³/mol. The highest BCUT2D eigenvalue weighted by atomic mass is 31.2. The van der Waals surface area contributed by atoms with Gasteiger partial charge in [0.2, 0.25) is 5.91 Å². The quantitative estimate of drug-likeness (QED) is 0.289. The molecule has 0 aliphatic carbocycles. The van der Waals surface area contributed by atoms with Crippen molar-refractivity contribution in [2.45, 2.75) is 43.9 Å². The second-order valence-corrected chi connectivity index (χ2v) is 9.18. The van der Waals surface area contributed by atoms with Crippen molar-refractivity contribution in [3.05, 3.63) is 54.4 Å². The van der Waals surface area contributed by atoms with Gasteiger partial charge in [-0.3, -0.25) is 14.1 Å². The number of amides is 1. The fraction of sp³-hybridized carbons (Fsp3) is 0.400. The largest absolute Gasteiger partial charge is 0.480 e. The van der Waals surface area contributed by atoms with Gasteiger partial charge in [0.05, 0.1) is 6.61 Å². The van der Waals surface area contributed by atoms with Crippen molar-refractivity contribution in [3.8, 4) is 5.75 Å². The molecule has 2 aliphatic heterocycles. The average molecular weight is 483 g/mol. The first-order valence-corrected chi connectivity index (χ1v) is 11.6. The molecule has 0 spiro atoms. The van der Waals surface area contributed by atoms with E-state index in [1.54, 1.807) is 30.5 Å². The van der Waals surface area contributed by atoms with E-state index < -0.39 is 56.8 Å². The number of aliphatic carboxylic acids is 1. The lowest BCUT2D eigenvalue weighted by atomic mass is 10.1. The number of rotatable bonds is 10. The van der Waals surface area contributed by atoms with E-state index >= 15 is 0 Å². The standard InChI is InChI=1S/C20H26N3O9P/c1-12(20(27)28)22-33(29,32-14-7-3-2-4-8-14)30-11-15-16(24)17(25)19(31-15)23-9-5-6-13(10-23)18(21)26/h2-5,7-10,12,15-17,19,24-25H,6,11H2,1H3,(H2,21,26)(H,22,29)(H,27,28)/t12-,15+,16+,17+,19+,33?/m0/s1. The second kappa shape index (κ2) is 10.5. The Labute approximate surface area is 189 Å². The highest BCUT2D eigenvalue weighted by molar-refractivity contribution is 7.52. The Kier molecular flexibility index (Phi) is 7.90. The molecular weight excluding hydrogens is 457 g/mol. The molecule has 6 N–H and O–H groups in total. The van der Waals surface area contributed by atoms with Crippen LogP contribution in [0.1, 0.15) is 13.3 Å². The minimum Gasteiger partial charge on any atom is -0.480 e. The Morgan fingerprint density at radius 1 is 1.30 bits per heavy atom. The summed E-state index contributed by atoms with van der Waals surface area (Å²) in [5.41, 5.74) is 5.59. The van der Waals surface area contributed by atoms with Crippen molar-refractivity contribution in [3.63, 3.8) is 0 Å². The molecular formula is C20H26N3O9P. The zero-order chi connectivity index (χ0) is 24.2. The minimum absolute atomic E-state index is 0.166. The summed E-state index contributed by atoms with van der Waals surface area (Å²) in [6.07, 6.45) is -0.102. The number of carboxylic acid groups (broad SMARTS) is 1. The monoisotopic (exact) mass is 483 g/mol. The smallest absolute Gasteiger partial charge is 0.459 e. The van der Waals surface area contributed by atoms with Gasteiger partial charge in [-0.1, -0.05) is 24.3 Å². The molecule has 2 aliphatic rings. The molecule has 1 fully saturated rings. The van der Waals surface area contributed by atoms with Gasteiger partial charge >= 0.3 is 13.7 Å². The molecule has 1 aromatic carbocycles. The molecule has 0 aromatic heterocycles. The summed E-state index contributed by atoms with van der Waals surface area (Å²) in [7, 11) is -4.23. The Hall–Kier alpha value is -2.73. The number of allylic oxidation sites excluding steroid dienone is 1.